The highest BCUT2D eigenvalue weighted by molar-refractivity contribution is 5.76. The summed E-state index contributed by atoms with van der Waals surface area (Å²) in [5, 5.41) is 0. The minimum atomic E-state index is -2.81. The Hall–Kier alpha value is -1.19. The van der Waals surface area contributed by atoms with Crippen LogP contribution in [0.25, 0.3) is 0 Å². The Morgan fingerprint density at radius 1 is 1.42 bits per heavy atom. The Balaban J connectivity index is 3.03. The summed E-state index contributed by atoms with van der Waals surface area (Å²) in [6, 6.07) is 0. The standard InChI is InChI=1S/C15H22F2O2/c1-5-11-7-12(19-15(16)17)8-13(9(2)3)14(11)6-10(4)18/h7-9,11,14-15H,5-6H2,1-4H3. The molecule has 19 heavy (non-hydrogen) atoms. The molecule has 0 spiro atoms. The molecule has 0 saturated carbocycles. The van der Waals surface area contributed by atoms with E-state index in [4.69, 9.17) is 0 Å². The van der Waals surface area contributed by atoms with Crippen molar-refractivity contribution in [2.24, 2.45) is 17.8 Å². The Morgan fingerprint density at radius 2 is 2.05 bits per heavy atom. The highest BCUT2D eigenvalue weighted by Gasteiger charge is 2.30. The molecule has 4 heteroatoms. The number of carbonyl (C=O) groups excluding carboxylic acids is 1. The lowest BCUT2D eigenvalue weighted by Crippen LogP contribution is -2.24. The van der Waals surface area contributed by atoms with Crippen LogP contribution in [0.2, 0.25) is 0 Å². The number of allylic oxidation sites excluding steroid dienone is 3. The van der Waals surface area contributed by atoms with Crippen molar-refractivity contribution in [2.75, 3.05) is 0 Å². The van der Waals surface area contributed by atoms with E-state index in [2.05, 4.69) is 4.74 Å². The maximum atomic E-state index is 12.3. The van der Waals surface area contributed by atoms with Gasteiger partial charge in [-0.15, -0.1) is 0 Å². The van der Waals surface area contributed by atoms with Gasteiger partial charge in [-0.25, -0.2) is 0 Å². The quantitative estimate of drug-likeness (QED) is 0.719. The largest absolute Gasteiger partial charge is 0.435 e. The number of alkyl halides is 2. The lowest BCUT2D eigenvalue weighted by atomic mass is 9.74. The van der Waals surface area contributed by atoms with Crippen LogP contribution < -0.4 is 0 Å². The van der Waals surface area contributed by atoms with Crippen LogP contribution in [-0.2, 0) is 9.53 Å². The highest BCUT2D eigenvalue weighted by Crippen LogP contribution is 2.38. The minimum absolute atomic E-state index is 0.0834. The second-order valence-corrected chi connectivity index (χ2v) is 5.33. The molecule has 0 aromatic carbocycles. The van der Waals surface area contributed by atoms with Crippen molar-refractivity contribution >= 4 is 5.78 Å². The molecule has 2 nitrogen and oxygen atoms in total. The summed E-state index contributed by atoms with van der Waals surface area (Å²) in [4.78, 5) is 11.4. The first-order chi connectivity index (χ1) is 8.85. The van der Waals surface area contributed by atoms with E-state index in [0.29, 0.717) is 6.42 Å². The molecule has 0 heterocycles. The van der Waals surface area contributed by atoms with Crippen LogP contribution in [0.15, 0.2) is 23.5 Å². The molecule has 0 aromatic heterocycles. The zero-order chi connectivity index (χ0) is 14.6. The number of carbonyl (C=O) groups is 1. The molecule has 0 N–H and O–H groups in total. The van der Waals surface area contributed by atoms with Gasteiger partial charge in [-0.3, -0.25) is 0 Å². The summed E-state index contributed by atoms with van der Waals surface area (Å²) in [6.45, 7) is 4.78. The third-order valence-corrected chi connectivity index (χ3v) is 3.50. The molecule has 0 aromatic rings. The summed E-state index contributed by atoms with van der Waals surface area (Å²) in [5.41, 5.74) is 1.03. The zero-order valence-corrected chi connectivity index (χ0v) is 12.0. The minimum Gasteiger partial charge on any atom is -0.435 e. The lowest BCUT2D eigenvalue weighted by Gasteiger charge is -2.32. The van der Waals surface area contributed by atoms with Gasteiger partial charge in [-0.1, -0.05) is 26.3 Å². The fourth-order valence-electron chi connectivity index (χ4n) is 2.65. The van der Waals surface area contributed by atoms with Gasteiger partial charge in [0, 0.05) is 6.42 Å². The molecule has 0 aliphatic heterocycles. The molecule has 0 bridgehead atoms. The van der Waals surface area contributed by atoms with Crippen LogP contribution in [0, 0.1) is 17.8 Å². The molecule has 1 aliphatic carbocycles. The smallest absolute Gasteiger partial charge is 0.387 e. The Morgan fingerprint density at radius 3 is 2.47 bits per heavy atom. The van der Waals surface area contributed by atoms with Crippen LogP contribution in [0.3, 0.4) is 0 Å². The van der Waals surface area contributed by atoms with Crippen molar-refractivity contribution in [3.05, 3.63) is 23.5 Å². The number of Topliss-reactive ketones (excluding diaryl/α,β-unsaturated/α-hetero) is 1. The molecule has 108 valence electrons. The molecule has 0 amide bonds. The van der Waals surface area contributed by atoms with Crippen molar-refractivity contribution in [1.82, 2.24) is 0 Å². The first-order valence-electron chi connectivity index (χ1n) is 6.72. The molecule has 2 unspecified atom stereocenters. The van der Waals surface area contributed by atoms with E-state index in [1.165, 1.54) is 0 Å². The van der Waals surface area contributed by atoms with E-state index >= 15 is 0 Å². The lowest BCUT2D eigenvalue weighted by molar-refractivity contribution is -0.118. The molecule has 1 rings (SSSR count). The van der Waals surface area contributed by atoms with Gasteiger partial charge in [-0.05, 0) is 43.3 Å². The second-order valence-electron chi connectivity index (χ2n) is 5.33. The van der Waals surface area contributed by atoms with E-state index < -0.39 is 6.61 Å². The Bertz CT molecular complexity index is 384. The van der Waals surface area contributed by atoms with Crippen LogP contribution >= 0.6 is 0 Å². The number of hydrogen-bond acceptors (Lipinski definition) is 2. The predicted octanol–water partition coefficient (Wildman–Crippen LogP) is 4.33. The van der Waals surface area contributed by atoms with E-state index in [9.17, 15) is 13.6 Å². The number of hydrogen-bond donors (Lipinski definition) is 0. The van der Waals surface area contributed by atoms with E-state index in [-0.39, 0.29) is 29.3 Å². The third-order valence-electron chi connectivity index (χ3n) is 3.50. The summed E-state index contributed by atoms with van der Waals surface area (Å²) < 4.78 is 29.2. The molecular formula is C15H22F2O2. The fourth-order valence-corrected chi connectivity index (χ4v) is 2.65. The Kier molecular flexibility index (Phi) is 5.70. The summed E-state index contributed by atoms with van der Waals surface area (Å²) in [6.07, 6.45) is 4.67. The maximum absolute atomic E-state index is 12.3. The van der Waals surface area contributed by atoms with E-state index in [1.807, 2.05) is 20.8 Å². The van der Waals surface area contributed by atoms with Crippen molar-refractivity contribution in [3.8, 4) is 0 Å². The number of ether oxygens (including phenoxy) is 1. The van der Waals surface area contributed by atoms with Crippen LogP contribution in [-0.4, -0.2) is 12.4 Å². The number of rotatable bonds is 6. The average molecular weight is 272 g/mol. The van der Waals surface area contributed by atoms with E-state index in [1.54, 1.807) is 19.1 Å². The fraction of sp³-hybridized carbons (Fsp3) is 0.667. The van der Waals surface area contributed by atoms with Crippen molar-refractivity contribution in [1.29, 1.82) is 0 Å². The monoisotopic (exact) mass is 272 g/mol. The van der Waals surface area contributed by atoms with Crippen molar-refractivity contribution < 1.29 is 18.3 Å². The summed E-state index contributed by atoms with van der Waals surface area (Å²) >= 11 is 0. The summed E-state index contributed by atoms with van der Waals surface area (Å²) in [5.74, 6) is 0.753. The van der Waals surface area contributed by atoms with Gasteiger partial charge in [0.25, 0.3) is 0 Å². The third kappa shape index (κ3) is 4.44. The van der Waals surface area contributed by atoms with Crippen molar-refractivity contribution in [2.45, 2.75) is 47.1 Å². The molecular weight excluding hydrogens is 250 g/mol. The van der Waals surface area contributed by atoms with Gasteiger partial charge in [0.15, 0.2) is 0 Å². The molecule has 1 aliphatic rings. The highest BCUT2D eigenvalue weighted by atomic mass is 19.3. The van der Waals surface area contributed by atoms with Gasteiger partial charge in [-0.2, -0.15) is 8.78 Å². The second kappa shape index (κ2) is 6.83. The van der Waals surface area contributed by atoms with Crippen LogP contribution in [0.5, 0.6) is 0 Å². The first-order valence-corrected chi connectivity index (χ1v) is 6.72. The van der Waals surface area contributed by atoms with Gasteiger partial charge in [0.2, 0.25) is 0 Å². The molecule has 0 saturated heterocycles. The first kappa shape index (κ1) is 15.9. The number of halogens is 2. The Labute approximate surface area is 113 Å². The van der Waals surface area contributed by atoms with Gasteiger partial charge < -0.3 is 9.53 Å². The SMILES string of the molecule is CCC1C=C(OC(F)F)C=C(C(C)C)C1CC(C)=O. The van der Waals surface area contributed by atoms with Crippen LogP contribution in [0.4, 0.5) is 8.78 Å². The van der Waals surface area contributed by atoms with E-state index in [0.717, 1.165) is 12.0 Å². The van der Waals surface area contributed by atoms with Gasteiger partial charge in [0.05, 0.1) is 0 Å². The van der Waals surface area contributed by atoms with Crippen molar-refractivity contribution in [3.63, 3.8) is 0 Å². The normalized spacial score (nSPS) is 23.4. The molecule has 0 radical (unpaired) electrons. The average Bonchev–Trinajstić information content (AvgIpc) is 2.28. The zero-order valence-electron chi connectivity index (χ0n) is 12.0. The van der Waals surface area contributed by atoms with Gasteiger partial charge in [0.1, 0.15) is 11.5 Å². The summed E-state index contributed by atoms with van der Waals surface area (Å²) in [7, 11) is 0. The van der Waals surface area contributed by atoms with Crippen LogP contribution in [0.1, 0.15) is 40.5 Å². The predicted molar refractivity (Wildman–Crippen MR) is 70.7 cm³/mol. The van der Waals surface area contributed by atoms with Gasteiger partial charge >= 0.3 is 6.61 Å². The maximum Gasteiger partial charge on any atom is 0.387 e. The number of ketones is 1. The topological polar surface area (TPSA) is 26.3 Å². The molecule has 2 atom stereocenters. The molecule has 0 fully saturated rings.